The van der Waals surface area contributed by atoms with Gasteiger partial charge in [-0.05, 0) is 24.3 Å². The average molecular weight is 382 g/mol. The maximum Gasteiger partial charge on any atom is 0.319 e. The number of anilines is 1. The zero-order valence-corrected chi connectivity index (χ0v) is 16.3. The number of hydrogen-bond acceptors (Lipinski definition) is 4. The van der Waals surface area contributed by atoms with Crippen molar-refractivity contribution in [1.29, 1.82) is 0 Å². The van der Waals surface area contributed by atoms with Crippen LogP contribution in [0, 0.1) is 0 Å². The van der Waals surface area contributed by atoms with Crippen molar-refractivity contribution in [3.63, 3.8) is 0 Å². The van der Waals surface area contributed by atoms with Crippen molar-refractivity contribution in [3.8, 4) is 11.5 Å². The summed E-state index contributed by atoms with van der Waals surface area (Å²) < 4.78 is 5.80. The van der Waals surface area contributed by atoms with Gasteiger partial charge in [-0.15, -0.1) is 0 Å². The first kappa shape index (κ1) is 19.7. The predicted octanol–water partition coefficient (Wildman–Crippen LogP) is 2.72. The van der Waals surface area contributed by atoms with E-state index in [1.165, 1.54) is 0 Å². The molecule has 1 saturated heterocycles. The number of para-hydroxylation sites is 1. The fourth-order valence-electron chi connectivity index (χ4n) is 3.05. The van der Waals surface area contributed by atoms with Gasteiger partial charge in [0.25, 0.3) is 0 Å². The molecule has 0 radical (unpaired) electrons. The van der Waals surface area contributed by atoms with Crippen LogP contribution < -0.4 is 10.1 Å². The topological polar surface area (TPSA) is 65.1 Å². The largest absolute Gasteiger partial charge is 0.457 e. The molecule has 3 rings (SSSR count). The monoisotopic (exact) mass is 382 g/mol. The summed E-state index contributed by atoms with van der Waals surface area (Å²) in [5.41, 5.74) is 0.694. The number of carbonyl (C=O) groups is 2. The number of nitrogens with zero attached hydrogens (tertiary/aromatic N) is 3. The number of nitrogens with one attached hydrogen (secondary N) is 1. The van der Waals surface area contributed by atoms with Gasteiger partial charge in [0.1, 0.15) is 11.5 Å². The highest BCUT2D eigenvalue weighted by Gasteiger charge is 2.23. The Labute approximate surface area is 165 Å². The van der Waals surface area contributed by atoms with E-state index < -0.39 is 0 Å². The molecule has 1 heterocycles. The van der Waals surface area contributed by atoms with Gasteiger partial charge in [0.05, 0.1) is 6.54 Å². The molecule has 1 aliphatic heterocycles. The minimum atomic E-state index is -0.0794. The minimum absolute atomic E-state index is 0.0133. The Kier molecular flexibility index (Phi) is 6.49. The number of piperazine rings is 1. The van der Waals surface area contributed by atoms with Crippen molar-refractivity contribution in [3.05, 3.63) is 54.6 Å². The van der Waals surface area contributed by atoms with Gasteiger partial charge in [0.15, 0.2) is 0 Å². The fourth-order valence-corrected chi connectivity index (χ4v) is 3.05. The maximum absolute atomic E-state index is 12.4. The highest BCUT2D eigenvalue weighted by molar-refractivity contribution is 5.92. The second-order valence-electron chi connectivity index (χ2n) is 6.93. The molecule has 2 aromatic carbocycles. The lowest BCUT2D eigenvalue weighted by atomic mass is 10.2. The van der Waals surface area contributed by atoms with Crippen molar-refractivity contribution < 1.29 is 14.3 Å². The maximum atomic E-state index is 12.4. The van der Waals surface area contributed by atoms with Crippen LogP contribution in [-0.4, -0.2) is 73.5 Å². The molecule has 1 N–H and O–H groups in total. The molecule has 1 aliphatic rings. The molecule has 7 nitrogen and oxygen atoms in total. The lowest BCUT2D eigenvalue weighted by molar-refractivity contribution is -0.117. The molecule has 2 aromatic rings. The highest BCUT2D eigenvalue weighted by Crippen LogP contribution is 2.23. The number of ether oxygens (including phenoxy) is 1. The number of rotatable bonds is 5. The summed E-state index contributed by atoms with van der Waals surface area (Å²) in [5, 5.41) is 2.92. The third-order valence-corrected chi connectivity index (χ3v) is 4.49. The second-order valence-corrected chi connectivity index (χ2v) is 6.93. The summed E-state index contributed by atoms with van der Waals surface area (Å²) in [7, 11) is 3.50. The first-order chi connectivity index (χ1) is 13.5. The number of urea groups is 1. The number of carbonyl (C=O) groups excluding carboxylic acids is 2. The van der Waals surface area contributed by atoms with Gasteiger partial charge < -0.3 is 19.9 Å². The Balaban J connectivity index is 1.49. The molecule has 148 valence electrons. The Morgan fingerprint density at radius 1 is 0.964 bits per heavy atom. The number of hydrogen-bond donors (Lipinski definition) is 1. The summed E-state index contributed by atoms with van der Waals surface area (Å²) >= 11 is 0. The van der Waals surface area contributed by atoms with Crippen LogP contribution in [0.4, 0.5) is 10.5 Å². The van der Waals surface area contributed by atoms with E-state index in [0.29, 0.717) is 44.2 Å². The van der Waals surface area contributed by atoms with Crippen molar-refractivity contribution in [2.45, 2.75) is 0 Å². The van der Waals surface area contributed by atoms with E-state index in [2.05, 4.69) is 10.2 Å². The first-order valence-corrected chi connectivity index (χ1v) is 9.32. The molecule has 0 saturated carbocycles. The molecule has 0 atom stereocenters. The Morgan fingerprint density at radius 3 is 2.32 bits per heavy atom. The van der Waals surface area contributed by atoms with Gasteiger partial charge in [-0.2, -0.15) is 0 Å². The van der Waals surface area contributed by atoms with Crippen LogP contribution in [0.15, 0.2) is 54.6 Å². The SMILES string of the molecule is CN(C)C(=O)N1CCN(CC(=O)Nc2cccc(Oc3ccccc3)c2)CC1. The molecule has 28 heavy (non-hydrogen) atoms. The smallest absolute Gasteiger partial charge is 0.319 e. The fraction of sp³-hybridized carbons (Fsp3) is 0.333. The molecule has 1 fully saturated rings. The lowest BCUT2D eigenvalue weighted by Crippen LogP contribution is -2.52. The minimum Gasteiger partial charge on any atom is -0.457 e. The molecule has 0 bridgehead atoms. The standard InChI is InChI=1S/C21H26N4O3/c1-23(2)21(27)25-13-11-24(12-14-25)16-20(26)22-17-7-6-10-19(15-17)28-18-8-4-3-5-9-18/h3-10,15H,11-14,16H2,1-2H3,(H,22,26). The Morgan fingerprint density at radius 2 is 1.64 bits per heavy atom. The van der Waals surface area contributed by atoms with Crippen molar-refractivity contribution >= 4 is 17.6 Å². The van der Waals surface area contributed by atoms with Crippen LogP contribution >= 0.6 is 0 Å². The van der Waals surface area contributed by atoms with E-state index >= 15 is 0 Å². The van der Waals surface area contributed by atoms with Crippen LogP contribution in [0.1, 0.15) is 0 Å². The van der Waals surface area contributed by atoms with E-state index in [4.69, 9.17) is 4.74 Å². The van der Waals surface area contributed by atoms with E-state index in [0.717, 1.165) is 5.75 Å². The lowest BCUT2D eigenvalue weighted by Gasteiger charge is -2.35. The zero-order valence-electron chi connectivity index (χ0n) is 16.3. The van der Waals surface area contributed by atoms with Gasteiger partial charge in [-0.3, -0.25) is 9.69 Å². The normalized spacial score (nSPS) is 14.4. The van der Waals surface area contributed by atoms with Crippen LogP contribution in [0.2, 0.25) is 0 Å². The van der Waals surface area contributed by atoms with Gasteiger partial charge in [0.2, 0.25) is 5.91 Å². The number of amides is 3. The third kappa shape index (κ3) is 5.47. The van der Waals surface area contributed by atoms with E-state index in [1.54, 1.807) is 30.0 Å². The van der Waals surface area contributed by atoms with Crippen LogP contribution in [-0.2, 0) is 4.79 Å². The predicted molar refractivity (Wildman–Crippen MR) is 109 cm³/mol. The molecule has 0 aliphatic carbocycles. The van der Waals surface area contributed by atoms with Gasteiger partial charge >= 0.3 is 6.03 Å². The average Bonchev–Trinajstić information content (AvgIpc) is 2.69. The summed E-state index contributed by atoms with van der Waals surface area (Å²) in [4.78, 5) is 29.8. The molecular weight excluding hydrogens is 356 g/mol. The Hall–Kier alpha value is -3.06. The first-order valence-electron chi connectivity index (χ1n) is 9.32. The molecule has 0 unspecified atom stereocenters. The van der Waals surface area contributed by atoms with Crippen LogP contribution in [0.5, 0.6) is 11.5 Å². The quantitative estimate of drug-likeness (QED) is 0.864. The molecule has 7 heteroatoms. The van der Waals surface area contributed by atoms with Crippen molar-refractivity contribution in [2.75, 3.05) is 52.1 Å². The van der Waals surface area contributed by atoms with Crippen molar-refractivity contribution in [1.82, 2.24) is 14.7 Å². The number of benzene rings is 2. The summed E-state index contributed by atoms with van der Waals surface area (Å²) in [6.45, 7) is 2.93. The van der Waals surface area contributed by atoms with E-state index in [-0.39, 0.29) is 11.9 Å². The van der Waals surface area contributed by atoms with E-state index in [9.17, 15) is 9.59 Å². The molecular formula is C21H26N4O3. The summed E-state index contributed by atoms with van der Waals surface area (Å²) in [6, 6.07) is 16.9. The van der Waals surface area contributed by atoms with Gasteiger partial charge in [0, 0.05) is 52.0 Å². The van der Waals surface area contributed by atoms with Crippen LogP contribution in [0.3, 0.4) is 0 Å². The Bertz CT molecular complexity index is 802. The molecule has 0 aromatic heterocycles. The molecule has 0 spiro atoms. The summed E-state index contributed by atoms with van der Waals surface area (Å²) in [5.74, 6) is 1.33. The van der Waals surface area contributed by atoms with Crippen LogP contribution in [0.25, 0.3) is 0 Å². The second kappa shape index (κ2) is 9.23. The summed E-state index contributed by atoms with van der Waals surface area (Å²) in [6.07, 6.45) is 0. The third-order valence-electron chi connectivity index (χ3n) is 4.49. The van der Waals surface area contributed by atoms with Gasteiger partial charge in [-0.1, -0.05) is 24.3 Å². The molecule has 3 amide bonds. The van der Waals surface area contributed by atoms with Gasteiger partial charge in [-0.25, -0.2) is 4.79 Å². The van der Waals surface area contributed by atoms with E-state index in [1.807, 2.05) is 48.5 Å². The van der Waals surface area contributed by atoms with Crippen molar-refractivity contribution in [2.24, 2.45) is 0 Å². The zero-order chi connectivity index (χ0) is 19.9. The highest BCUT2D eigenvalue weighted by atomic mass is 16.5.